The van der Waals surface area contributed by atoms with Crippen LogP contribution >= 0.6 is 0 Å². The van der Waals surface area contributed by atoms with Gasteiger partial charge in [-0.05, 0) is 42.4 Å². The zero-order valence-electron chi connectivity index (χ0n) is 14.9. The van der Waals surface area contributed by atoms with E-state index >= 15 is 0 Å². The summed E-state index contributed by atoms with van der Waals surface area (Å²) in [4.78, 5) is 12.6. The van der Waals surface area contributed by atoms with E-state index in [-0.39, 0.29) is 18.7 Å². The van der Waals surface area contributed by atoms with Gasteiger partial charge >= 0.3 is 6.18 Å². The van der Waals surface area contributed by atoms with E-state index in [1.807, 2.05) is 0 Å². The number of hydrogen-bond donors (Lipinski definition) is 3. The minimum Gasteiger partial charge on any atom is -0.360 e. The maximum atomic E-state index is 13.8. The third-order valence-electron chi connectivity index (χ3n) is 4.19. The van der Waals surface area contributed by atoms with Gasteiger partial charge in [0.2, 0.25) is 0 Å². The van der Waals surface area contributed by atoms with Crippen LogP contribution in [-0.4, -0.2) is 28.5 Å². The maximum absolute atomic E-state index is 13.8. The lowest BCUT2D eigenvalue weighted by molar-refractivity contribution is -0.137. The van der Waals surface area contributed by atoms with Gasteiger partial charge in [0.05, 0.1) is 17.1 Å². The van der Waals surface area contributed by atoms with Crippen LogP contribution in [0.2, 0.25) is 0 Å². The lowest BCUT2D eigenvalue weighted by atomic mass is 10.0. The van der Waals surface area contributed by atoms with E-state index in [9.17, 15) is 17.6 Å². The lowest BCUT2D eigenvalue weighted by Gasteiger charge is -2.21. The van der Waals surface area contributed by atoms with Crippen molar-refractivity contribution < 1.29 is 17.6 Å². The third kappa shape index (κ3) is 4.18. The van der Waals surface area contributed by atoms with Gasteiger partial charge in [-0.1, -0.05) is 0 Å². The quantitative estimate of drug-likeness (QED) is 0.557. The number of rotatable bonds is 6. The first-order valence-corrected chi connectivity index (χ1v) is 8.41. The first kappa shape index (κ1) is 19.9. The summed E-state index contributed by atoms with van der Waals surface area (Å²) in [5.41, 5.74) is 6.51. The van der Waals surface area contributed by atoms with E-state index in [0.29, 0.717) is 22.9 Å². The predicted molar refractivity (Wildman–Crippen MR) is 96.9 cm³/mol. The molecule has 0 amide bonds. The highest BCUT2D eigenvalue weighted by molar-refractivity contribution is 5.87. The molecule has 0 fully saturated rings. The Morgan fingerprint density at radius 1 is 1.11 bits per heavy atom. The predicted octanol–water partition coefficient (Wildman–Crippen LogP) is 3.01. The molecule has 1 aromatic carbocycles. The number of pyridine rings is 1. The lowest BCUT2D eigenvalue weighted by Crippen LogP contribution is -2.25. The average molecular weight is 394 g/mol. The molecule has 0 spiro atoms. The maximum Gasteiger partial charge on any atom is 0.416 e. The molecule has 10 heteroatoms. The molecule has 4 N–H and O–H groups in total. The van der Waals surface area contributed by atoms with Gasteiger partial charge in [0.15, 0.2) is 5.82 Å². The van der Waals surface area contributed by atoms with Crippen LogP contribution in [0, 0.1) is 5.82 Å². The Balaban J connectivity index is 2.04. The van der Waals surface area contributed by atoms with E-state index in [1.165, 1.54) is 6.33 Å². The van der Waals surface area contributed by atoms with E-state index in [0.717, 1.165) is 17.7 Å². The van der Waals surface area contributed by atoms with Gasteiger partial charge in [-0.15, -0.1) is 0 Å². The highest BCUT2D eigenvalue weighted by Gasteiger charge is 2.32. The zero-order chi connectivity index (χ0) is 20.3. The number of hydrogen-bond acceptors (Lipinski definition) is 6. The molecule has 0 saturated carbocycles. The Labute approximate surface area is 158 Å². The molecule has 1 atom stereocenters. The monoisotopic (exact) mass is 394 g/mol. The highest BCUT2D eigenvalue weighted by atomic mass is 19.4. The van der Waals surface area contributed by atoms with Crippen molar-refractivity contribution in [2.75, 3.05) is 18.9 Å². The van der Waals surface area contributed by atoms with Crippen LogP contribution in [0.4, 0.5) is 23.4 Å². The van der Waals surface area contributed by atoms with Crippen LogP contribution in [-0.2, 0) is 12.7 Å². The summed E-state index contributed by atoms with van der Waals surface area (Å²) in [6.07, 6.45) is -1.79. The molecular formula is C18H18F4N6. The number of nitrogens with zero attached hydrogens (tertiary/aromatic N) is 3. The highest BCUT2D eigenvalue weighted by Crippen LogP contribution is 2.32. The third-order valence-corrected chi connectivity index (χ3v) is 4.19. The largest absolute Gasteiger partial charge is 0.416 e. The summed E-state index contributed by atoms with van der Waals surface area (Å²) in [5.74, 6) is -0.651. The fourth-order valence-corrected chi connectivity index (χ4v) is 2.89. The van der Waals surface area contributed by atoms with Gasteiger partial charge in [0, 0.05) is 19.3 Å². The number of halogens is 4. The van der Waals surface area contributed by atoms with Gasteiger partial charge in [-0.2, -0.15) is 13.2 Å². The Hall–Kier alpha value is -2.85. The minimum atomic E-state index is -4.65. The fourth-order valence-electron chi connectivity index (χ4n) is 2.89. The average Bonchev–Trinajstić information content (AvgIpc) is 2.66. The van der Waals surface area contributed by atoms with Gasteiger partial charge in [0.25, 0.3) is 0 Å². The molecule has 3 aromatic rings. The first-order valence-electron chi connectivity index (χ1n) is 8.41. The Morgan fingerprint density at radius 3 is 2.57 bits per heavy atom. The fraction of sp³-hybridized carbons (Fsp3) is 0.278. The van der Waals surface area contributed by atoms with E-state index in [1.54, 1.807) is 19.3 Å². The van der Waals surface area contributed by atoms with Crippen LogP contribution in [0.25, 0.3) is 11.0 Å². The smallest absolute Gasteiger partial charge is 0.360 e. The number of fused-ring (bicyclic) bond motifs is 1. The van der Waals surface area contributed by atoms with Crippen molar-refractivity contribution in [1.29, 1.82) is 0 Å². The molecule has 148 valence electrons. The van der Waals surface area contributed by atoms with Gasteiger partial charge in [-0.3, -0.25) is 4.98 Å². The molecule has 2 aromatic heterocycles. The summed E-state index contributed by atoms with van der Waals surface area (Å²) in [6.45, 7) is 0.469. The molecule has 0 saturated heterocycles. The normalized spacial score (nSPS) is 12.9. The second-order valence-electron chi connectivity index (χ2n) is 6.12. The number of nitrogens with one attached hydrogen (secondary N) is 2. The molecule has 0 aliphatic rings. The molecule has 6 nitrogen and oxygen atoms in total. The molecule has 28 heavy (non-hydrogen) atoms. The van der Waals surface area contributed by atoms with Crippen molar-refractivity contribution in [1.82, 2.24) is 20.3 Å². The van der Waals surface area contributed by atoms with Crippen LogP contribution in [0.5, 0.6) is 0 Å². The van der Waals surface area contributed by atoms with Crippen molar-refractivity contribution in [2.24, 2.45) is 5.73 Å². The van der Waals surface area contributed by atoms with Crippen molar-refractivity contribution in [3.63, 3.8) is 0 Å². The van der Waals surface area contributed by atoms with Crippen molar-refractivity contribution in [2.45, 2.75) is 18.8 Å². The minimum absolute atomic E-state index is 0.128. The molecule has 3 rings (SSSR count). The van der Waals surface area contributed by atoms with E-state index in [2.05, 4.69) is 25.6 Å². The van der Waals surface area contributed by atoms with Gasteiger partial charge in [-0.25, -0.2) is 14.4 Å². The van der Waals surface area contributed by atoms with Crippen LogP contribution in [0.1, 0.15) is 22.7 Å². The summed E-state index contributed by atoms with van der Waals surface area (Å²) in [5, 5.41) is 5.93. The Morgan fingerprint density at radius 2 is 1.89 bits per heavy atom. The van der Waals surface area contributed by atoms with Crippen molar-refractivity contribution >= 4 is 16.9 Å². The van der Waals surface area contributed by atoms with Gasteiger partial charge < -0.3 is 16.4 Å². The summed E-state index contributed by atoms with van der Waals surface area (Å²) in [6, 6.07) is 3.48. The number of aromatic nitrogens is 3. The number of alkyl halides is 3. The number of benzene rings is 1. The molecule has 0 aliphatic heterocycles. The number of anilines is 1. The molecular weight excluding hydrogens is 376 g/mol. The summed E-state index contributed by atoms with van der Waals surface area (Å²) in [7, 11) is 1.64. The second kappa shape index (κ2) is 8.03. The SMILES string of the molecule is CNC[C@@H](Nc1ncnc2c(CN)ccnc12)c1cc(F)cc(C(F)(F)F)c1. The van der Waals surface area contributed by atoms with Gasteiger partial charge in [0.1, 0.15) is 17.7 Å². The summed E-state index contributed by atoms with van der Waals surface area (Å²) >= 11 is 0. The van der Waals surface area contributed by atoms with Crippen molar-refractivity contribution in [3.8, 4) is 0 Å². The molecule has 2 heterocycles. The summed E-state index contributed by atoms with van der Waals surface area (Å²) < 4.78 is 53.1. The number of likely N-dealkylation sites (N-methyl/N-ethyl adjacent to an activating group) is 1. The topological polar surface area (TPSA) is 88.8 Å². The zero-order valence-corrected chi connectivity index (χ0v) is 14.9. The standard InChI is InChI=1S/C18H18F4N6/c1-24-8-14(11-4-12(18(20,21)22)6-13(19)5-11)28-17-16-15(26-9-27-17)10(7-23)2-3-25-16/h2-6,9,14,24H,7-8,23H2,1H3,(H,26,27,28)/t14-/m1/s1. The van der Waals surface area contributed by atoms with E-state index < -0.39 is 23.6 Å². The van der Waals surface area contributed by atoms with Crippen LogP contribution in [0.3, 0.4) is 0 Å². The first-order chi connectivity index (χ1) is 13.3. The van der Waals surface area contributed by atoms with Crippen LogP contribution < -0.4 is 16.4 Å². The molecule has 0 aliphatic carbocycles. The molecule has 0 unspecified atom stereocenters. The van der Waals surface area contributed by atoms with Crippen molar-refractivity contribution in [3.05, 3.63) is 59.3 Å². The molecule has 0 radical (unpaired) electrons. The van der Waals surface area contributed by atoms with Crippen LogP contribution in [0.15, 0.2) is 36.8 Å². The Bertz CT molecular complexity index is 976. The number of nitrogens with two attached hydrogens (primary N) is 1. The molecule has 0 bridgehead atoms. The second-order valence-corrected chi connectivity index (χ2v) is 6.12. The van der Waals surface area contributed by atoms with E-state index in [4.69, 9.17) is 5.73 Å². The Kier molecular flexibility index (Phi) is 5.71.